The van der Waals surface area contributed by atoms with Crippen LogP contribution in [0.4, 0.5) is 13.9 Å². The van der Waals surface area contributed by atoms with Gasteiger partial charge in [0.15, 0.2) is 17.6 Å². The first-order chi connectivity index (χ1) is 12.9. The first-order valence-electron chi connectivity index (χ1n) is 8.32. The molecule has 0 fully saturated rings. The molecule has 0 bridgehead atoms. The van der Waals surface area contributed by atoms with Gasteiger partial charge in [0.25, 0.3) is 5.91 Å². The molecule has 1 aromatic heterocycles. The fourth-order valence-electron chi connectivity index (χ4n) is 2.43. The Hall–Kier alpha value is -2.29. The molecular formula is C19H20ClF2N3O2S. The molecule has 9 heteroatoms. The van der Waals surface area contributed by atoms with E-state index < -0.39 is 11.6 Å². The highest BCUT2D eigenvalue weighted by Gasteiger charge is 2.22. The Kier molecular flexibility index (Phi) is 7.68. The predicted molar refractivity (Wildman–Crippen MR) is 110 cm³/mol. The standard InChI is InChI=1S/C19H19F2N3O2S.ClH/c1-23(2)8-9-24(17(25)12-26-14-6-4-3-5-7-14)19-22-18-15(21)10-13(20)11-16(18)27-19;/h3-7,10-11H,8-9,12H2,1-2H3;1H. The van der Waals surface area contributed by atoms with Crippen molar-refractivity contribution in [2.75, 3.05) is 38.7 Å². The zero-order chi connectivity index (χ0) is 19.4. The number of likely N-dealkylation sites (N-methyl/N-ethyl adjacent to an activating group) is 1. The van der Waals surface area contributed by atoms with Crippen molar-refractivity contribution in [2.45, 2.75) is 0 Å². The van der Waals surface area contributed by atoms with Crippen molar-refractivity contribution in [2.24, 2.45) is 0 Å². The van der Waals surface area contributed by atoms with Gasteiger partial charge in [-0.3, -0.25) is 9.69 Å². The summed E-state index contributed by atoms with van der Waals surface area (Å²) in [5, 5.41) is 0.318. The van der Waals surface area contributed by atoms with Crippen molar-refractivity contribution >= 4 is 45.0 Å². The number of nitrogens with zero attached hydrogens (tertiary/aromatic N) is 3. The molecule has 0 saturated carbocycles. The van der Waals surface area contributed by atoms with Gasteiger partial charge in [0, 0.05) is 19.2 Å². The number of carbonyl (C=O) groups is 1. The second kappa shape index (κ2) is 9.77. The van der Waals surface area contributed by atoms with Crippen LogP contribution >= 0.6 is 23.7 Å². The highest BCUT2D eigenvalue weighted by atomic mass is 35.5. The molecule has 0 unspecified atom stereocenters. The molecule has 0 atom stereocenters. The van der Waals surface area contributed by atoms with Gasteiger partial charge in [0.2, 0.25) is 0 Å². The molecule has 150 valence electrons. The van der Waals surface area contributed by atoms with Crippen LogP contribution in [-0.4, -0.2) is 49.6 Å². The maximum absolute atomic E-state index is 14.0. The van der Waals surface area contributed by atoms with Crippen LogP contribution in [0.2, 0.25) is 0 Å². The maximum atomic E-state index is 14.0. The predicted octanol–water partition coefficient (Wildman–Crippen LogP) is 3.97. The lowest BCUT2D eigenvalue weighted by molar-refractivity contribution is -0.120. The number of ether oxygens (including phenoxy) is 1. The second-order valence-corrected chi connectivity index (χ2v) is 7.19. The number of thiazole rings is 1. The summed E-state index contributed by atoms with van der Waals surface area (Å²) in [4.78, 5) is 20.3. The lowest BCUT2D eigenvalue weighted by Crippen LogP contribution is -2.39. The number of rotatable bonds is 7. The molecule has 0 aliphatic heterocycles. The van der Waals surface area contributed by atoms with E-state index in [1.54, 1.807) is 12.1 Å². The molecule has 0 aliphatic rings. The van der Waals surface area contributed by atoms with E-state index in [1.165, 1.54) is 11.0 Å². The van der Waals surface area contributed by atoms with Crippen molar-refractivity contribution in [1.82, 2.24) is 9.88 Å². The van der Waals surface area contributed by atoms with Crippen molar-refractivity contribution in [1.29, 1.82) is 0 Å². The fraction of sp³-hybridized carbons (Fsp3) is 0.263. The summed E-state index contributed by atoms with van der Waals surface area (Å²) in [5.41, 5.74) is 0.0584. The van der Waals surface area contributed by atoms with Crippen LogP contribution in [0.25, 0.3) is 10.2 Å². The van der Waals surface area contributed by atoms with Crippen LogP contribution in [0, 0.1) is 11.6 Å². The highest BCUT2D eigenvalue weighted by Crippen LogP contribution is 2.31. The summed E-state index contributed by atoms with van der Waals surface area (Å²) in [6.45, 7) is 0.766. The number of carbonyl (C=O) groups excluding carboxylic acids is 1. The van der Waals surface area contributed by atoms with Gasteiger partial charge in [-0.1, -0.05) is 29.5 Å². The van der Waals surface area contributed by atoms with Gasteiger partial charge in [-0.2, -0.15) is 0 Å². The average Bonchev–Trinajstić information content (AvgIpc) is 3.04. The molecule has 0 spiro atoms. The zero-order valence-electron chi connectivity index (χ0n) is 15.4. The molecular weight excluding hydrogens is 408 g/mol. The third-order valence-corrected chi connectivity index (χ3v) is 4.84. The molecule has 5 nitrogen and oxygen atoms in total. The van der Waals surface area contributed by atoms with Crippen molar-refractivity contribution in [3.05, 3.63) is 54.1 Å². The summed E-state index contributed by atoms with van der Waals surface area (Å²) in [6.07, 6.45) is 0. The first kappa shape index (κ1) is 22.0. The van der Waals surface area contributed by atoms with E-state index in [9.17, 15) is 13.6 Å². The van der Waals surface area contributed by atoms with Crippen LogP contribution < -0.4 is 9.64 Å². The molecule has 0 radical (unpaired) electrons. The Bertz CT molecular complexity index is 938. The van der Waals surface area contributed by atoms with Crippen LogP contribution in [0.15, 0.2) is 42.5 Å². The van der Waals surface area contributed by atoms with Crippen molar-refractivity contribution in [3.63, 3.8) is 0 Å². The summed E-state index contributed by atoms with van der Waals surface area (Å²) in [5.74, 6) is -1.14. The molecule has 2 aromatic carbocycles. The number of amides is 1. The molecule has 0 aliphatic carbocycles. The summed E-state index contributed by atoms with van der Waals surface area (Å²) >= 11 is 1.08. The number of anilines is 1. The highest BCUT2D eigenvalue weighted by molar-refractivity contribution is 7.22. The third kappa shape index (κ3) is 5.37. The molecule has 1 heterocycles. The molecule has 0 saturated heterocycles. The van der Waals surface area contributed by atoms with Crippen LogP contribution in [-0.2, 0) is 4.79 Å². The van der Waals surface area contributed by atoms with E-state index in [-0.39, 0.29) is 30.4 Å². The van der Waals surface area contributed by atoms with E-state index >= 15 is 0 Å². The lowest BCUT2D eigenvalue weighted by Gasteiger charge is -2.22. The minimum Gasteiger partial charge on any atom is -0.484 e. The smallest absolute Gasteiger partial charge is 0.266 e. The second-order valence-electron chi connectivity index (χ2n) is 6.18. The SMILES string of the molecule is CN(C)CCN(C(=O)COc1ccccc1)c1nc2c(F)cc(F)cc2s1.Cl. The van der Waals surface area contributed by atoms with Gasteiger partial charge in [0.05, 0.1) is 4.70 Å². The number of fused-ring (bicyclic) bond motifs is 1. The third-order valence-electron chi connectivity index (χ3n) is 3.81. The van der Waals surface area contributed by atoms with Crippen LogP contribution in [0.3, 0.4) is 0 Å². The Morgan fingerprint density at radius 3 is 2.54 bits per heavy atom. The van der Waals surface area contributed by atoms with Gasteiger partial charge >= 0.3 is 0 Å². The van der Waals surface area contributed by atoms with Gasteiger partial charge in [-0.25, -0.2) is 13.8 Å². The molecule has 0 N–H and O–H groups in total. The zero-order valence-corrected chi connectivity index (χ0v) is 17.0. The monoisotopic (exact) mass is 427 g/mol. The van der Waals surface area contributed by atoms with Crippen LogP contribution in [0.5, 0.6) is 5.75 Å². The first-order valence-corrected chi connectivity index (χ1v) is 9.14. The number of hydrogen-bond acceptors (Lipinski definition) is 5. The average molecular weight is 428 g/mol. The summed E-state index contributed by atoms with van der Waals surface area (Å²) < 4.78 is 33.3. The molecule has 1 amide bonds. The van der Waals surface area contributed by atoms with E-state index in [1.807, 2.05) is 37.2 Å². The van der Waals surface area contributed by atoms with Gasteiger partial charge in [-0.05, 0) is 32.3 Å². The Morgan fingerprint density at radius 1 is 1.14 bits per heavy atom. The van der Waals surface area contributed by atoms with E-state index in [0.29, 0.717) is 28.7 Å². The fourth-order valence-corrected chi connectivity index (χ4v) is 3.48. The van der Waals surface area contributed by atoms with Crippen LogP contribution in [0.1, 0.15) is 0 Å². The van der Waals surface area contributed by atoms with E-state index in [4.69, 9.17) is 4.74 Å². The number of benzene rings is 2. The summed E-state index contributed by atoms with van der Waals surface area (Å²) in [6, 6.07) is 11.0. The Labute approximate surface area is 171 Å². The summed E-state index contributed by atoms with van der Waals surface area (Å²) in [7, 11) is 3.77. The minimum absolute atomic E-state index is 0. The Morgan fingerprint density at radius 2 is 1.86 bits per heavy atom. The topological polar surface area (TPSA) is 45.7 Å². The number of halogens is 3. The number of aromatic nitrogens is 1. The quantitative estimate of drug-likeness (QED) is 0.572. The van der Waals surface area contributed by atoms with Crippen molar-refractivity contribution in [3.8, 4) is 5.75 Å². The van der Waals surface area contributed by atoms with E-state index in [2.05, 4.69) is 4.98 Å². The molecule has 3 rings (SSSR count). The normalized spacial score (nSPS) is 10.8. The number of hydrogen-bond donors (Lipinski definition) is 0. The Balaban J connectivity index is 0.00000280. The van der Waals surface area contributed by atoms with Gasteiger partial charge < -0.3 is 9.64 Å². The minimum atomic E-state index is -0.743. The molecule has 28 heavy (non-hydrogen) atoms. The van der Waals surface area contributed by atoms with Gasteiger partial charge in [-0.15, -0.1) is 12.4 Å². The van der Waals surface area contributed by atoms with E-state index in [0.717, 1.165) is 17.4 Å². The lowest BCUT2D eigenvalue weighted by atomic mass is 10.3. The van der Waals surface area contributed by atoms with Crippen molar-refractivity contribution < 1.29 is 18.3 Å². The molecule has 3 aromatic rings. The van der Waals surface area contributed by atoms with Gasteiger partial charge in [0.1, 0.15) is 17.1 Å². The number of para-hydroxylation sites is 1. The largest absolute Gasteiger partial charge is 0.484 e. The maximum Gasteiger partial charge on any atom is 0.266 e.